The van der Waals surface area contributed by atoms with Crippen molar-refractivity contribution >= 4 is 17.7 Å². The molecule has 6 nitrogen and oxygen atoms in total. The number of carbonyl (C=O) groups is 3. The number of nitrogens with one attached hydrogen (secondary N) is 3. The maximum Gasteiger partial charge on any atom is 0.261 e. The van der Waals surface area contributed by atoms with Gasteiger partial charge in [-0.3, -0.25) is 25.2 Å². The molecule has 29 heavy (non-hydrogen) atoms. The topological polar surface area (TPSA) is 87.3 Å². The molecule has 1 aliphatic rings. The quantitative estimate of drug-likeness (QED) is 0.660. The van der Waals surface area contributed by atoms with Gasteiger partial charge in [0.2, 0.25) is 5.91 Å². The fraction of sp³-hybridized carbons (Fsp3) is 0.348. The lowest BCUT2D eigenvalue weighted by molar-refractivity contribution is -0.132. The molecule has 0 aliphatic heterocycles. The Morgan fingerprint density at radius 1 is 0.828 bits per heavy atom. The van der Waals surface area contributed by atoms with Crippen LogP contribution in [0.2, 0.25) is 0 Å². The third-order valence-electron chi connectivity index (χ3n) is 5.23. The summed E-state index contributed by atoms with van der Waals surface area (Å²) in [4.78, 5) is 37.6. The summed E-state index contributed by atoms with van der Waals surface area (Å²) in [6.07, 6.45) is 5.25. The Hall–Kier alpha value is -3.15. The van der Waals surface area contributed by atoms with Crippen molar-refractivity contribution in [2.24, 2.45) is 5.92 Å². The summed E-state index contributed by atoms with van der Waals surface area (Å²) in [7, 11) is 0. The van der Waals surface area contributed by atoms with Crippen LogP contribution in [-0.4, -0.2) is 23.8 Å². The summed E-state index contributed by atoms with van der Waals surface area (Å²) < 4.78 is 0. The number of hydrogen-bond acceptors (Lipinski definition) is 3. The molecule has 0 heterocycles. The van der Waals surface area contributed by atoms with Gasteiger partial charge in [0, 0.05) is 17.9 Å². The Kier molecular flexibility index (Phi) is 7.39. The van der Waals surface area contributed by atoms with Crippen LogP contribution in [0.15, 0.2) is 60.7 Å². The average Bonchev–Trinajstić information content (AvgIpc) is 2.78. The van der Waals surface area contributed by atoms with Crippen LogP contribution < -0.4 is 16.2 Å². The molecule has 3 N–H and O–H groups in total. The van der Waals surface area contributed by atoms with E-state index in [1.807, 2.05) is 36.4 Å². The van der Waals surface area contributed by atoms with Gasteiger partial charge in [-0.2, -0.15) is 0 Å². The molecule has 1 atom stereocenters. The van der Waals surface area contributed by atoms with Gasteiger partial charge >= 0.3 is 0 Å². The van der Waals surface area contributed by atoms with E-state index < -0.39 is 11.9 Å². The van der Waals surface area contributed by atoms with Crippen LogP contribution in [0.4, 0.5) is 0 Å². The molecule has 0 spiro atoms. The fourth-order valence-corrected chi connectivity index (χ4v) is 3.57. The zero-order chi connectivity index (χ0) is 20.5. The lowest BCUT2D eigenvalue weighted by Crippen LogP contribution is -2.54. The van der Waals surface area contributed by atoms with E-state index in [1.165, 1.54) is 0 Å². The van der Waals surface area contributed by atoms with Crippen molar-refractivity contribution in [3.05, 3.63) is 71.8 Å². The van der Waals surface area contributed by atoms with E-state index >= 15 is 0 Å². The second-order valence-electron chi connectivity index (χ2n) is 7.40. The van der Waals surface area contributed by atoms with E-state index in [4.69, 9.17) is 0 Å². The zero-order valence-corrected chi connectivity index (χ0v) is 16.4. The Labute approximate surface area is 171 Å². The molecule has 0 radical (unpaired) electrons. The summed E-state index contributed by atoms with van der Waals surface area (Å²) in [5.74, 6) is -0.996. The van der Waals surface area contributed by atoms with Crippen LogP contribution in [0, 0.1) is 5.92 Å². The molecule has 1 aliphatic carbocycles. The normalized spacial score (nSPS) is 15.2. The minimum absolute atomic E-state index is 0.0597. The molecule has 2 aromatic rings. The summed E-state index contributed by atoms with van der Waals surface area (Å²) in [6, 6.07) is 17.4. The number of amides is 3. The van der Waals surface area contributed by atoms with Crippen molar-refractivity contribution < 1.29 is 14.4 Å². The molecule has 6 heteroatoms. The van der Waals surface area contributed by atoms with E-state index in [9.17, 15) is 14.4 Å². The highest BCUT2D eigenvalue weighted by Gasteiger charge is 2.25. The van der Waals surface area contributed by atoms with Gasteiger partial charge in [-0.25, -0.2) is 0 Å². The highest BCUT2D eigenvalue weighted by Crippen LogP contribution is 2.23. The second-order valence-corrected chi connectivity index (χ2v) is 7.40. The molecular formula is C23H27N3O3. The molecule has 0 bridgehead atoms. The first-order valence-corrected chi connectivity index (χ1v) is 10.1. The van der Waals surface area contributed by atoms with E-state index in [-0.39, 0.29) is 17.7 Å². The van der Waals surface area contributed by atoms with Crippen molar-refractivity contribution in [1.29, 1.82) is 0 Å². The van der Waals surface area contributed by atoms with Crippen LogP contribution in [0.5, 0.6) is 0 Å². The van der Waals surface area contributed by atoms with Gasteiger partial charge in [-0.05, 0) is 30.5 Å². The number of carbonyl (C=O) groups excluding carboxylic acids is 3. The van der Waals surface area contributed by atoms with Crippen molar-refractivity contribution in [2.45, 2.75) is 44.6 Å². The van der Waals surface area contributed by atoms with Crippen molar-refractivity contribution in [3.8, 4) is 0 Å². The summed E-state index contributed by atoms with van der Waals surface area (Å²) in [5, 5.41) is 2.78. The predicted octanol–water partition coefficient (Wildman–Crippen LogP) is 2.76. The van der Waals surface area contributed by atoms with Gasteiger partial charge in [0.1, 0.15) is 6.04 Å². The number of hydrogen-bond donors (Lipinski definition) is 3. The third-order valence-corrected chi connectivity index (χ3v) is 5.23. The van der Waals surface area contributed by atoms with Crippen LogP contribution in [-0.2, 0) is 16.0 Å². The molecule has 0 aromatic heterocycles. The Bertz CT molecular complexity index is 818. The van der Waals surface area contributed by atoms with Gasteiger partial charge < -0.3 is 5.32 Å². The van der Waals surface area contributed by atoms with Gasteiger partial charge in [-0.1, -0.05) is 67.8 Å². The van der Waals surface area contributed by atoms with Gasteiger partial charge in [-0.15, -0.1) is 0 Å². The number of rotatable bonds is 6. The van der Waals surface area contributed by atoms with Crippen molar-refractivity contribution in [2.75, 3.05) is 0 Å². The van der Waals surface area contributed by atoms with Crippen molar-refractivity contribution in [3.63, 3.8) is 0 Å². The van der Waals surface area contributed by atoms with E-state index in [0.717, 1.165) is 37.7 Å². The maximum atomic E-state index is 12.8. The van der Waals surface area contributed by atoms with Crippen molar-refractivity contribution in [1.82, 2.24) is 16.2 Å². The number of benzene rings is 2. The lowest BCUT2D eigenvalue weighted by Gasteiger charge is -2.23. The highest BCUT2D eigenvalue weighted by molar-refractivity contribution is 5.97. The summed E-state index contributed by atoms with van der Waals surface area (Å²) in [6.45, 7) is 0. The Balaban J connectivity index is 1.63. The van der Waals surface area contributed by atoms with E-state index in [2.05, 4.69) is 16.2 Å². The molecule has 3 amide bonds. The predicted molar refractivity (Wildman–Crippen MR) is 111 cm³/mol. The molecular weight excluding hydrogens is 366 g/mol. The number of hydrazine groups is 1. The minimum Gasteiger partial charge on any atom is -0.340 e. The van der Waals surface area contributed by atoms with Crippen LogP contribution in [0.25, 0.3) is 0 Å². The van der Waals surface area contributed by atoms with E-state index in [0.29, 0.717) is 12.0 Å². The zero-order valence-electron chi connectivity index (χ0n) is 16.4. The molecule has 0 unspecified atom stereocenters. The van der Waals surface area contributed by atoms with E-state index in [1.54, 1.807) is 24.3 Å². The SMILES string of the molecule is O=C(N[C@@H](Cc1ccccc1)C(=O)NNC(=O)C1CCCCC1)c1ccccc1. The first-order valence-electron chi connectivity index (χ1n) is 10.1. The van der Waals surface area contributed by atoms with Crippen LogP contribution in [0.1, 0.15) is 48.0 Å². The van der Waals surface area contributed by atoms with Gasteiger partial charge in [0.25, 0.3) is 11.8 Å². The standard InChI is InChI=1S/C23H27N3O3/c27-21(18-12-6-2-7-13-18)24-20(16-17-10-4-1-5-11-17)23(29)26-25-22(28)19-14-8-3-9-15-19/h1-2,4-7,10-13,19-20H,3,8-9,14-16H2,(H,24,27)(H,25,28)(H,26,29)/t20-/m0/s1. The van der Waals surface area contributed by atoms with Crippen LogP contribution >= 0.6 is 0 Å². The molecule has 1 fully saturated rings. The summed E-state index contributed by atoms with van der Waals surface area (Å²) in [5.41, 5.74) is 6.44. The molecule has 3 rings (SSSR count). The molecule has 2 aromatic carbocycles. The van der Waals surface area contributed by atoms with Gasteiger partial charge in [0.15, 0.2) is 0 Å². The smallest absolute Gasteiger partial charge is 0.261 e. The second kappa shape index (κ2) is 10.4. The lowest BCUT2D eigenvalue weighted by atomic mass is 9.89. The molecule has 152 valence electrons. The fourth-order valence-electron chi connectivity index (χ4n) is 3.57. The minimum atomic E-state index is -0.809. The van der Waals surface area contributed by atoms with Crippen LogP contribution in [0.3, 0.4) is 0 Å². The van der Waals surface area contributed by atoms with Gasteiger partial charge in [0.05, 0.1) is 0 Å². The average molecular weight is 393 g/mol. The summed E-state index contributed by atoms with van der Waals surface area (Å²) >= 11 is 0. The molecule has 1 saturated carbocycles. The maximum absolute atomic E-state index is 12.8. The highest BCUT2D eigenvalue weighted by atomic mass is 16.2. The first kappa shape index (κ1) is 20.6. The first-order chi connectivity index (χ1) is 14.1. The Morgan fingerprint density at radius 2 is 1.45 bits per heavy atom. The largest absolute Gasteiger partial charge is 0.340 e. The monoisotopic (exact) mass is 393 g/mol. The Morgan fingerprint density at radius 3 is 2.10 bits per heavy atom. The third kappa shape index (κ3) is 6.17. The molecule has 0 saturated heterocycles.